The van der Waals surface area contributed by atoms with E-state index in [9.17, 15) is 18.0 Å². The highest BCUT2D eigenvalue weighted by molar-refractivity contribution is 7.91. The standard InChI is InChI=1S/C11H20N2O5S/c1-2-13(6-5-10(14)15)11(16)12-9-4-3-7-19(17,18)8-9/h9H,2-8H2,1H3,(H,12,16)(H,14,15). The molecule has 7 nitrogen and oxygen atoms in total. The van der Waals surface area contributed by atoms with Gasteiger partial charge in [0.25, 0.3) is 0 Å². The third-order valence-corrected chi connectivity index (χ3v) is 4.88. The van der Waals surface area contributed by atoms with E-state index in [2.05, 4.69) is 5.32 Å². The van der Waals surface area contributed by atoms with Crippen molar-refractivity contribution >= 4 is 21.8 Å². The van der Waals surface area contributed by atoms with Crippen LogP contribution in [-0.2, 0) is 14.6 Å². The summed E-state index contributed by atoms with van der Waals surface area (Å²) in [5.74, 6) is -0.822. The summed E-state index contributed by atoms with van der Waals surface area (Å²) in [6.07, 6.45) is 1.07. The Bertz CT molecular complexity index is 434. The van der Waals surface area contributed by atoms with Gasteiger partial charge in [0.1, 0.15) is 0 Å². The van der Waals surface area contributed by atoms with Crippen molar-refractivity contribution in [2.45, 2.75) is 32.2 Å². The van der Waals surface area contributed by atoms with Gasteiger partial charge in [-0.2, -0.15) is 0 Å². The van der Waals surface area contributed by atoms with Crippen LogP contribution in [0.1, 0.15) is 26.2 Å². The number of carbonyl (C=O) groups is 2. The molecule has 1 rings (SSSR count). The van der Waals surface area contributed by atoms with Gasteiger partial charge >= 0.3 is 12.0 Å². The number of rotatable bonds is 5. The number of aliphatic carboxylic acids is 1. The van der Waals surface area contributed by atoms with Crippen LogP contribution in [0.3, 0.4) is 0 Å². The molecule has 1 heterocycles. The fourth-order valence-electron chi connectivity index (χ4n) is 2.04. The lowest BCUT2D eigenvalue weighted by Crippen LogP contribution is -2.49. The van der Waals surface area contributed by atoms with Gasteiger partial charge in [-0.25, -0.2) is 13.2 Å². The molecule has 2 amide bonds. The van der Waals surface area contributed by atoms with Gasteiger partial charge in [-0.15, -0.1) is 0 Å². The molecular weight excluding hydrogens is 272 g/mol. The van der Waals surface area contributed by atoms with E-state index < -0.39 is 21.8 Å². The van der Waals surface area contributed by atoms with Gasteiger partial charge in [0.2, 0.25) is 0 Å². The Morgan fingerprint density at radius 1 is 1.42 bits per heavy atom. The van der Waals surface area contributed by atoms with Gasteiger partial charge in [0.05, 0.1) is 17.9 Å². The predicted octanol–water partition coefficient (Wildman–Crippen LogP) is 0.0698. The molecule has 19 heavy (non-hydrogen) atoms. The molecule has 0 aromatic rings. The van der Waals surface area contributed by atoms with Crippen molar-refractivity contribution in [1.29, 1.82) is 0 Å². The van der Waals surface area contributed by atoms with Gasteiger partial charge in [-0.1, -0.05) is 0 Å². The van der Waals surface area contributed by atoms with Crippen LogP contribution in [0.5, 0.6) is 0 Å². The molecule has 0 aromatic carbocycles. The summed E-state index contributed by atoms with van der Waals surface area (Å²) < 4.78 is 22.9. The molecule has 1 aliphatic heterocycles. The first-order valence-electron chi connectivity index (χ1n) is 6.31. The number of hydrogen-bond acceptors (Lipinski definition) is 4. The second-order valence-corrected chi connectivity index (χ2v) is 6.86. The predicted molar refractivity (Wildman–Crippen MR) is 69.7 cm³/mol. The molecule has 1 aliphatic rings. The Kier molecular flexibility index (Phi) is 5.59. The Morgan fingerprint density at radius 3 is 2.63 bits per heavy atom. The van der Waals surface area contributed by atoms with Crippen molar-refractivity contribution in [2.24, 2.45) is 0 Å². The van der Waals surface area contributed by atoms with Crippen molar-refractivity contribution in [3.8, 4) is 0 Å². The zero-order valence-corrected chi connectivity index (χ0v) is 11.8. The lowest BCUT2D eigenvalue weighted by molar-refractivity contribution is -0.137. The molecule has 110 valence electrons. The number of nitrogens with one attached hydrogen (secondary N) is 1. The number of amides is 2. The van der Waals surface area contributed by atoms with Gasteiger partial charge in [0, 0.05) is 19.1 Å². The molecule has 2 N–H and O–H groups in total. The highest BCUT2D eigenvalue weighted by atomic mass is 32.2. The second-order valence-electron chi connectivity index (χ2n) is 4.63. The van der Waals surface area contributed by atoms with Crippen LogP contribution in [-0.4, -0.2) is 61.1 Å². The van der Waals surface area contributed by atoms with Crippen LogP contribution in [0.15, 0.2) is 0 Å². The van der Waals surface area contributed by atoms with Crippen LogP contribution in [0.2, 0.25) is 0 Å². The minimum atomic E-state index is -3.06. The first kappa shape index (κ1) is 15.7. The first-order valence-corrected chi connectivity index (χ1v) is 8.14. The van der Waals surface area contributed by atoms with E-state index in [1.54, 1.807) is 6.92 Å². The Labute approximate surface area is 112 Å². The molecule has 8 heteroatoms. The average molecular weight is 292 g/mol. The van der Waals surface area contributed by atoms with Crippen LogP contribution < -0.4 is 5.32 Å². The monoisotopic (exact) mass is 292 g/mol. The Balaban J connectivity index is 2.50. The molecule has 1 saturated heterocycles. The number of urea groups is 1. The molecular formula is C11H20N2O5S. The van der Waals surface area contributed by atoms with Crippen molar-refractivity contribution in [3.05, 3.63) is 0 Å². The van der Waals surface area contributed by atoms with Crippen molar-refractivity contribution < 1.29 is 23.1 Å². The lowest BCUT2D eigenvalue weighted by atomic mass is 10.2. The topological polar surface area (TPSA) is 104 Å². The van der Waals surface area contributed by atoms with Crippen LogP contribution in [0.25, 0.3) is 0 Å². The molecule has 1 fully saturated rings. The molecule has 1 atom stereocenters. The number of carboxylic acid groups (broad SMARTS) is 1. The number of hydrogen-bond donors (Lipinski definition) is 2. The minimum Gasteiger partial charge on any atom is -0.481 e. The second kappa shape index (κ2) is 6.74. The van der Waals surface area contributed by atoms with Crippen molar-refractivity contribution in [3.63, 3.8) is 0 Å². The number of carboxylic acids is 1. The first-order chi connectivity index (χ1) is 8.84. The smallest absolute Gasteiger partial charge is 0.317 e. The van der Waals surface area contributed by atoms with Gasteiger partial charge in [0.15, 0.2) is 9.84 Å². The highest BCUT2D eigenvalue weighted by Crippen LogP contribution is 2.12. The van der Waals surface area contributed by atoms with Crippen LogP contribution >= 0.6 is 0 Å². The third kappa shape index (κ3) is 5.46. The number of sulfone groups is 1. The number of carbonyl (C=O) groups excluding carboxylic acids is 1. The summed E-state index contributed by atoms with van der Waals surface area (Å²) in [4.78, 5) is 23.7. The molecule has 0 spiro atoms. The summed E-state index contributed by atoms with van der Waals surface area (Å²) >= 11 is 0. The molecule has 0 aromatic heterocycles. The van der Waals surface area contributed by atoms with Gasteiger partial charge in [-0.3, -0.25) is 4.79 Å². The highest BCUT2D eigenvalue weighted by Gasteiger charge is 2.27. The molecule has 0 bridgehead atoms. The van der Waals surface area contributed by atoms with E-state index in [1.807, 2.05) is 0 Å². The maximum atomic E-state index is 11.9. The zero-order chi connectivity index (χ0) is 14.5. The van der Waals surface area contributed by atoms with E-state index >= 15 is 0 Å². The molecule has 0 radical (unpaired) electrons. The Morgan fingerprint density at radius 2 is 2.11 bits per heavy atom. The molecule has 0 aliphatic carbocycles. The van der Waals surface area contributed by atoms with Gasteiger partial charge in [-0.05, 0) is 19.8 Å². The normalized spacial score (nSPS) is 21.6. The van der Waals surface area contributed by atoms with Crippen molar-refractivity contribution in [1.82, 2.24) is 10.2 Å². The van der Waals surface area contributed by atoms with Gasteiger partial charge < -0.3 is 15.3 Å². The van der Waals surface area contributed by atoms with E-state index in [4.69, 9.17) is 5.11 Å². The largest absolute Gasteiger partial charge is 0.481 e. The minimum absolute atomic E-state index is 0.0325. The summed E-state index contributed by atoms with van der Waals surface area (Å²) in [5, 5.41) is 11.3. The fraction of sp³-hybridized carbons (Fsp3) is 0.818. The van der Waals surface area contributed by atoms with E-state index in [0.717, 1.165) is 0 Å². The van der Waals surface area contributed by atoms with Crippen LogP contribution in [0.4, 0.5) is 4.79 Å². The van der Waals surface area contributed by atoms with E-state index in [0.29, 0.717) is 19.4 Å². The van der Waals surface area contributed by atoms with E-state index in [1.165, 1.54) is 4.90 Å². The summed E-state index contributed by atoms with van der Waals surface area (Å²) in [6, 6.07) is -0.768. The molecule has 0 saturated carbocycles. The summed E-state index contributed by atoms with van der Waals surface area (Å²) in [7, 11) is -3.06. The van der Waals surface area contributed by atoms with Crippen molar-refractivity contribution in [2.75, 3.05) is 24.6 Å². The number of nitrogens with zero attached hydrogens (tertiary/aromatic N) is 1. The SMILES string of the molecule is CCN(CCC(=O)O)C(=O)NC1CCCS(=O)(=O)C1. The fourth-order valence-corrected chi connectivity index (χ4v) is 3.67. The van der Waals surface area contributed by atoms with Crippen LogP contribution in [0, 0.1) is 0 Å². The Hall–Kier alpha value is -1.31. The lowest BCUT2D eigenvalue weighted by Gasteiger charge is -2.27. The maximum Gasteiger partial charge on any atom is 0.317 e. The maximum absolute atomic E-state index is 11.9. The van der Waals surface area contributed by atoms with E-state index in [-0.39, 0.29) is 30.5 Å². The third-order valence-electron chi connectivity index (χ3n) is 3.06. The average Bonchev–Trinajstić information content (AvgIpc) is 2.27. The quantitative estimate of drug-likeness (QED) is 0.746. The molecule has 1 unspecified atom stereocenters. The zero-order valence-electron chi connectivity index (χ0n) is 11.0. The summed E-state index contributed by atoms with van der Waals surface area (Å²) in [5.41, 5.74) is 0. The summed E-state index contributed by atoms with van der Waals surface area (Å²) in [6.45, 7) is 2.26.